The molecule has 0 aliphatic carbocycles. The Hall–Kier alpha value is -1.76. The number of aromatic nitrogens is 4. The zero-order chi connectivity index (χ0) is 15.5. The van der Waals surface area contributed by atoms with E-state index in [0.29, 0.717) is 13.1 Å². The lowest BCUT2D eigenvalue weighted by Gasteiger charge is -2.14. The topological polar surface area (TPSA) is 72.7 Å². The lowest BCUT2D eigenvalue weighted by atomic mass is 9.93. The largest absolute Gasteiger partial charge is 0.349 e. The van der Waals surface area contributed by atoms with Crippen LogP contribution in [0, 0.1) is 5.92 Å². The van der Waals surface area contributed by atoms with Crippen molar-refractivity contribution in [2.24, 2.45) is 5.92 Å². The van der Waals surface area contributed by atoms with Gasteiger partial charge >= 0.3 is 0 Å². The van der Waals surface area contributed by atoms with Crippen molar-refractivity contribution in [1.82, 2.24) is 25.1 Å². The second-order valence-corrected chi connectivity index (χ2v) is 7.06. The average Bonchev–Trinajstić information content (AvgIpc) is 3.05. The Balaban J connectivity index is 1.84. The smallest absolute Gasteiger partial charge is 0.225 e. The number of nitrogens with zero attached hydrogens (tertiary/aromatic N) is 4. The molecule has 2 rings (SSSR count). The molecule has 1 amide bonds. The van der Waals surface area contributed by atoms with Gasteiger partial charge in [0.05, 0.1) is 24.7 Å². The standard InChI is InChI=1S/C14H21N5OS/c1-10(6-19-9-15-8-17-19)13(20)16-5-12-18-11(7-21-12)14(2,3)4/h7-10H,5-6H2,1-4H3,(H,16,20)/t10-/m1/s1. The van der Waals surface area contributed by atoms with Crippen LogP contribution in [0.3, 0.4) is 0 Å². The van der Waals surface area contributed by atoms with Crippen LogP contribution in [0.1, 0.15) is 38.4 Å². The average molecular weight is 307 g/mol. The van der Waals surface area contributed by atoms with Crippen molar-refractivity contribution in [3.63, 3.8) is 0 Å². The lowest BCUT2D eigenvalue weighted by Crippen LogP contribution is -2.31. The normalized spacial score (nSPS) is 13.1. The van der Waals surface area contributed by atoms with E-state index in [4.69, 9.17) is 0 Å². The van der Waals surface area contributed by atoms with Crippen LogP contribution in [0.5, 0.6) is 0 Å². The molecule has 21 heavy (non-hydrogen) atoms. The maximum atomic E-state index is 12.1. The molecule has 0 spiro atoms. The van der Waals surface area contributed by atoms with Crippen LogP contribution in [-0.2, 0) is 23.3 Å². The minimum atomic E-state index is -0.159. The maximum Gasteiger partial charge on any atom is 0.225 e. The van der Waals surface area contributed by atoms with E-state index in [2.05, 4.69) is 46.5 Å². The number of thiazole rings is 1. The molecular weight excluding hydrogens is 286 g/mol. The third-order valence-corrected chi connectivity index (χ3v) is 3.96. The molecule has 6 nitrogen and oxygen atoms in total. The van der Waals surface area contributed by atoms with E-state index >= 15 is 0 Å². The molecule has 0 saturated heterocycles. The molecule has 0 fully saturated rings. The number of nitrogens with one attached hydrogen (secondary N) is 1. The molecule has 2 aromatic rings. The maximum absolute atomic E-state index is 12.1. The van der Waals surface area contributed by atoms with Gasteiger partial charge in [0.25, 0.3) is 0 Å². The van der Waals surface area contributed by atoms with Crippen LogP contribution in [0.25, 0.3) is 0 Å². The van der Waals surface area contributed by atoms with Gasteiger partial charge in [-0.1, -0.05) is 27.7 Å². The number of hydrogen-bond acceptors (Lipinski definition) is 5. The van der Waals surface area contributed by atoms with E-state index < -0.39 is 0 Å². The van der Waals surface area contributed by atoms with E-state index in [1.807, 2.05) is 6.92 Å². The van der Waals surface area contributed by atoms with E-state index in [1.54, 1.807) is 22.3 Å². The SMILES string of the molecule is C[C@H](Cn1cncn1)C(=O)NCc1nc(C(C)(C)C)cs1. The molecule has 0 aliphatic rings. The summed E-state index contributed by atoms with van der Waals surface area (Å²) in [6.45, 7) is 9.26. The molecular formula is C14H21N5OS. The van der Waals surface area contributed by atoms with Crippen LogP contribution in [-0.4, -0.2) is 25.7 Å². The van der Waals surface area contributed by atoms with Crippen LogP contribution in [0.4, 0.5) is 0 Å². The first-order valence-corrected chi connectivity index (χ1v) is 7.79. The fraction of sp³-hybridized carbons (Fsp3) is 0.571. The number of carbonyl (C=O) groups excluding carboxylic acids is 1. The predicted octanol–water partition coefficient (Wildman–Crippen LogP) is 1.98. The van der Waals surface area contributed by atoms with Crippen molar-refractivity contribution in [3.05, 3.63) is 28.7 Å². The molecule has 2 heterocycles. The summed E-state index contributed by atoms with van der Waals surface area (Å²) in [7, 11) is 0. The Morgan fingerprint density at radius 2 is 2.24 bits per heavy atom. The van der Waals surface area contributed by atoms with Gasteiger partial charge in [-0.3, -0.25) is 9.48 Å². The zero-order valence-corrected chi connectivity index (χ0v) is 13.6. The molecule has 0 aromatic carbocycles. The Bertz CT molecular complexity index is 585. The molecule has 0 bridgehead atoms. The minimum absolute atomic E-state index is 0.00184. The molecule has 1 atom stereocenters. The highest BCUT2D eigenvalue weighted by atomic mass is 32.1. The lowest BCUT2D eigenvalue weighted by molar-refractivity contribution is -0.125. The Morgan fingerprint density at radius 3 is 2.81 bits per heavy atom. The van der Waals surface area contributed by atoms with Gasteiger partial charge in [-0.15, -0.1) is 11.3 Å². The molecule has 0 radical (unpaired) electrons. The van der Waals surface area contributed by atoms with Crippen LogP contribution >= 0.6 is 11.3 Å². The predicted molar refractivity (Wildman–Crippen MR) is 81.8 cm³/mol. The summed E-state index contributed by atoms with van der Waals surface area (Å²) in [5, 5.41) is 9.91. The first kappa shape index (κ1) is 15.6. The van der Waals surface area contributed by atoms with E-state index in [0.717, 1.165) is 10.7 Å². The highest BCUT2D eigenvalue weighted by molar-refractivity contribution is 7.09. The summed E-state index contributed by atoms with van der Waals surface area (Å²) < 4.78 is 1.66. The van der Waals surface area contributed by atoms with Crippen molar-refractivity contribution < 1.29 is 4.79 Å². The third-order valence-electron chi connectivity index (χ3n) is 3.11. The summed E-state index contributed by atoms with van der Waals surface area (Å²) in [5.74, 6) is -0.160. The first-order valence-electron chi connectivity index (χ1n) is 6.91. The fourth-order valence-electron chi connectivity index (χ4n) is 1.76. The Morgan fingerprint density at radius 1 is 1.48 bits per heavy atom. The van der Waals surface area contributed by atoms with Gasteiger partial charge in [0.1, 0.15) is 17.7 Å². The highest BCUT2D eigenvalue weighted by Crippen LogP contribution is 2.23. The van der Waals surface area contributed by atoms with Crippen molar-refractivity contribution >= 4 is 17.2 Å². The summed E-state index contributed by atoms with van der Waals surface area (Å²) >= 11 is 1.58. The second-order valence-electron chi connectivity index (χ2n) is 6.11. The van der Waals surface area contributed by atoms with Gasteiger partial charge in [0.2, 0.25) is 5.91 Å². The van der Waals surface area contributed by atoms with Crippen LogP contribution in [0.15, 0.2) is 18.0 Å². The summed E-state index contributed by atoms with van der Waals surface area (Å²) in [6, 6.07) is 0. The molecule has 114 valence electrons. The second kappa shape index (κ2) is 6.34. The number of amides is 1. The fourth-order valence-corrected chi connectivity index (χ4v) is 2.72. The first-order chi connectivity index (χ1) is 9.86. The van der Waals surface area contributed by atoms with E-state index in [-0.39, 0.29) is 17.2 Å². The summed E-state index contributed by atoms with van der Waals surface area (Å²) in [4.78, 5) is 20.5. The molecule has 1 N–H and O–H groups in total. The monoisotopic (exact) mass is 307 g/mol. The van der Waals surface area contributed by atoms with Gasteiger partial charge in [0, 0.05) is 10.8 Å². The zero-order valence-electron chi connectivity index (χ0n) is 12.8. The van der Waals surface area contributed by atoms with Gasteiger partial charge in [-0.05, 0) is 0 Å². The van der Waals surface area contributed by atoms with Gasteiger partial charge in [-0.25, -0.2) is 9.97 Å². The Kier molecular flexibility index (Phi) is 4.72. The van der Waals surface area contributed by atoms with Crippen molar-refractivity contribution in [3.8, 4) is 0 Å². The number of carbonyl (C=O) groups is 1. The van der Waals surface area contributed by atoms with Gasteiger partial charge in [-0.2, -0.15) is 5.10 Å². The number of hydrogen-bond donors (Lipinski definition) is 1. The van der Waals surface area contributed by atoms with Gasteiger partial charge in [0.15, 0.2) is 0 Å². The number of rotatable bonds is 5. The van der Waals surface area contributed by atoms with Crippen LogP contribution in [0.2, 0.25) is 0 Å². The van der Waals surface area contributed by atoms with E-state index in [9.17, 15) is 4.79 Å². The van der Waals surface area contributed by atoms with Crippen molar-refractivity contribution in [2.75, 3.05) is 0 Å². The van der Waals surface area contributed by atoms with Gasteiger partial charge < -0.3 is 5.32 Å². The molecule has 2 aromatic heterocycles. The summed E-state index contributed by atoms with van der Waals surface area (Å²) in [5.41, 5.74) is 1.10. The minimum Gasteiger partial charge on any atom is -0.349 e. The third kappa shape index (κ3) is 4.35. The molecule has 0 saturated carbocycles. The summed E-state index contributed by atoms with van der Waals surface area (Å²) in [6.07, 6.45) is 3.08. The van der Waals surface area contributed by atoms with Crippen molar-refractivity contribution in [2.45, 2.75) is 46.2 Å². The van der Waals surface area contributed by atoms with E-state index in [1.165, 1.54) is 6.33 Å². The quantitative estimate of drug-likeness (QED) is 0.917. The Labute approximate surface area is 128 Å². The molecule has 0 unspecified atom stereocenters. The van der Waals surface area contributed by atoms with Crippen molar-refractivity contribution in [1.29, 1.82) is 0 Å². The molecule has 7 heteroatoms. The van der Waals surface area contributed by atoms with Crippen LogP contribution < -0.4 is 5.32 Å². The molecule has 0 aliphatic heterocycles. The highest BCUT2D eigenvalue weighted by Gasteiger charge is 2.18.